The maximum Gasteiger partial charge on any atom is 0.225 e. The summed E-state index contributed by atoms with van der Waals surface area (Å²) in [6.07, 6.45) is 0.513. The number of rotatable bonds is 4. The molecule has 6 heteroatoms. The number of piperazine rings is 1. The van der Waals surface area contributed by atoms with Crippen molar-refractivity contribution < 1.29 is 4.79 Å². The van der Waals surface area contributed by atoms with Crippen molar-refractivity contribution in [3.8, 4) is 0 Å². The number of hydrogen-bond acceptors (Lipinski definition) is 5. The second kappa shape index (κ2) is 7.05. The Morgan fingerprint density at radius 1 is 1.14 bits per heavy atom. The number of carbonyl (C=O) groups is 1. The van der Waals surface area contributed by atoms with Gasteiger partial charge in [-0.1, -0.05) is 13.8 Å². The molecule has 1 aliphatic rings. The van der Waals surface area contributed by atoms with E-state index in [1.165, 1.54) is 0 Å². The minimum Gasteiger partial charge on any atom is -0.338 e. The van der Waals surface area contributed by atoms with E-state index in [1.807, 2.05) is 27.7 Å². The van der Waals surface area contributed by atoms with Gasteiger partial charge in [0.25, 0.3) is 0 Å². The predicted molar refractivity (Wildman–Crippen MR) is 89.3 cm³/mol. The molecule has 1 fully saturated rings. The molecule has 0 aromatic carbocycles. The zero-order valence-corrected chi connectivity index (χ0v) is 14.3. The fourth-order valence-corrected chi connectivity index (χ4v) is 2.59. The Bertz CT molecular complexity index is 512. The van der Waals surface area contributed by atoms with E-state index in [9.17, 15) is 4.79 Å². The van der Waals surface area contributed by atoms with Crippen LogP contribution in [-0.2, 0) is 4.79 Å². The first-order chi connectivity index (χ1) is 10.4. The lowest BCUT2D eigenvalue weighted by atomic mass is 10.1. The maximum atomic E-state index is 12.0. The second-order valence-corrected chi connectivity index (χ2v) is 6.51. The number of anilines is 2. The summed E-state index contributed by atoms with van der Waals surface area (Å²) >= 11 is 0. The fourth-order valence-electron chi connectivity index (χ4n) is 2.59. The number of aromatic nitrogens is 2. The number of likely N-dealkylation sites (N-methyl/N-ethyl adjacent to an activating group) is 1. The van der Waals surface area contributed by atoms with Crippen molar-refractivity contribution in [2.24, 2.45) is 5.92 Å². The van der Waals surface area contributed by atoms with Gasteiger partial charge >= 0.3 is 0 Å². The Hall–Kier alpha value is -1.69. The molecule has 1 aliphatic heterocycles. The topological polar surface area (TPSA) is 61.4 Å². The molecule has 0 bridgehead atoms. The third-order valence-electron chi connectivity index (χ3n) is 3.90. The zero-order chi connectivity index (χ0) is 16.3. The van der Waals surface area contributed by atoms with Crippen LogP contribution in [0.15, 0.2) is 0 Å². The molecule has 6 nitrogen and oxygen atoms in total. The van der Waals surface area contributed by atoms with Crippen LogP contribution in [0.2, 0.25) is 0 Å². The number of nitrogens with one attached hydrogen (secondary N) is 1. The molecule has 1 amide bonds. The molecule has 1 aromatic rings. The molecule has 0 radical (unpaired) electrons. The third-order valence-corrected chi connectivity index (χ3v) is 3.90. The number of aryl methyl sites for hydroxylation is 2. The van der Waals surface area contributed by atoms with Gasteiger partial charge in [0.1, 0.15) is 0 Å². The number of nitrogens with zero attached hydrogens (tertiary/aromatic N) is 4. The minimum atomic E-state index is 0.0251. The lowest BCUT2D eigenvalue weighted by Gasteiger charge is -2.32. The fraction of sp³-hybridized carbons (Fsp3) is 0.688. The third kappa shape index (κ3) is 4.16. The smallest absolute Gasteiger partial charge is 0.225 e. The summed E-state index contributed by atoms with van der Waals surface area (Å²) in [4.78, 5) is 25.7. The van der Waals surface area contributed by atoms with Crippen LogP contribution in [-0.4, -0.2) is 54.0 Å². The molecule has 1 N–H and O–H groups in total. The van der Waals surface area contributed by atoms with Crippen molar-refractivity contribution in [1.29, 1.82) is 0 Å². The first-order valence-electron chi connectivity index (χ1n) is 7.95. The first kappa shape index (κ1) is 16.7. The van der Waals surface area contributed by atoms with Crippen molar-refractivity contribution in [1.82, 2.24) is 14.9 Å². The molecule has 2 heterocycles. The molecule has 1 saturated heterocycles. The highest BCUT2D eigenvalue weighted by molar-refractivity contribution is 5.92. The van der Waals surface area contributed by atoms with Gasteiger partial charge in [0.05, 0.1) is 17.1 Å². The van der Waals surface area contributed by atoms with Gasteiger partial charge in [-0.05, 0) is 26.8 Å². The van der Waals surface area contributed by atoms with Crippen LogP contribution in [0.5, 0.6) is 0 Å². The highest BCUT2D eigenvalue weighted by atomic mass is 16.1. The van der Waals surface area contributed by atoms with Crippen molar-refractivity contribution >= 4 is 17.5 Å². The molecular weight excluding hydrogens is 278 g/mol. The normalized spacial score (nSPS) is 16.2. The summed E-state index contributed by atoms with van der Waals surface area (Å²) in [5.41, 5.74) is 2.42. The van der Waals surface area contributed by atoms with E-state index < -0.39 is 0 Å². The van der Waals surface area contributed by atoms with Gasteiger partial charge in [-0.15, -0.1) is 0 Å². The van der Waals surface area contributed by atoms with Crippen LogP contribution >= 0.6 is 0 Å². The Balaban J connectivity index is 2.13. The van der Waals surface area contributed by atoms with E-state index in [2.05, 4.69) is 32.1 Å². The molecule has 22 heavy (non-hydrogen) atoms. The van der Waals surface area contributed by atoms with Crippen LogP contribution in [0.4, 0.5) is 11.6 Å². The van der Waals surface area contributed by atoms with Gasteiger partial charge < -0.3 is 15.1 Å². The molecule has 0 spiro atoms. The molecule has 2 rings (SSSR count). The van der Waals surface area contributed by atoms with E-state index in [0.29, 0.717) is 12.3 Å². The molecular formula is C16H27N5O. The van der Waals surface area contributed by atoms with Crippen molar-refractivity contribution in [2.75, 3.05) is 43.4 Å². The van der Waals surface area contributed by atoms with Gasteiger partial charge in [0.15, 0.2) is 0 Å². The highest BCUT2D eigenvalue weighted by Crippen LogP contribution is 2.21. The number of hydrogen-bond donors (Lipinski definition) is 1. The summed E-state index contributed by atoms with van der Waals surface area (Å²) in [5, 5.41) is 2.96. The lowest BCUT2D eigenvalue weighted by molar-refractivity contribution is -0.116. The van der Waals surface area contributed by atoms with Gasteiger partial charge in [0, 0.05) is 32.6 Å². The van der Waals surface area contributed by atoms with Crippen LogP contribution < -0.4 is 10.2 Å². The molecule has 1 aromatic heterocycles. The second-order valence-electron chi connectivity index (χ2n) is 6.51. The van der Waals surface area contributed by atoms with E-state index in [-0.39, 0.29) is 5.91 Å². The largest absolute Gasteiger partial charge is 0.338 e. The highest BCUT2D eigenvalue weighted by Gasteiger charge is 2.19. The van der Waals surface area contributed by atoms with Gasteiger partial charge in [-0.2, -0.15) is 0 Å². The predicted octanol–water partition coefficient (Wildman–Crippen LogP) is 1.83. The van der Waals surface area contributed by atoms with Crippen molar-refractivity contribution in [3.63, 3.8) is 0 Å². The van der Waals surface area contributed by atoms with Crippen LogP contribution in [0.1, 0.15) is 31.7 Å². The molecule has 0 saturated carbocycles. The van der Waals surface area contributed by atoms with E-state index in [4.69, 9.17) is 0 Å². The molecule has 0 unspecified atom stereocenters. The standard InChI is InChI=1S/C16H27N5O/c1-11(2)10-14(22)19-15-12(3)17-16(18-13(15)4)21-8-6-20(5)7-9-21/h11H,6-10H2,1-5H3,(H,19,22). The van der Waals surface area contributed by atoms with E-state index in [0.717, 1.165) is 49.2 Å². The maximum absolute atomic E-state index is 12.0. The first-order valence-corrected chi connectivity index (χ1v) is 7.95. The monoisotopic (exact) mass is 305 g/mol. The summed E-state index contributed by atoms with van der Waals surface area (Å²) in [7, 11) is 2.13. The average Bonchev–Trinajstić information content (AvgIpc) is 2.42. The van der Waals surface area contributed by atoms with Gasteiger partial charge in [0.2, 0.25) is 11.9 Å². The van der Waals surface area contributed by atoms with E-state index in [1.54, 1.807) is 0 Å². The molecule has 0 atom stereocenters. The zero-order valence-electron chi connectivity index (χ0n) is 14.3. The minimum absolute atomic E-state index is 0.0251. The van der Waals surface area contributed by atoms with Crippen LogP contribution in [0.25, 0.3) is 0 Å². The lowest BCUT2D eigenvalue weighted by Crippen LogP contribution is -2.45. The summed E-state index contributed by atoms with van der Waals surface area (Å²) < 4.78 is 0. The summed E-state index contributed by atoms with van der Waals surface area (Å²) in [6.45, 7) is 11.8. The average molecular weight is 305 g/mol. The number of amides is 1. The van der Waals surface area contributed by atoms with Crippen LogP contribution in [0, 0.1) is 19.8 Å². The summed E-state index contributed by atoms with van der Waals surface area (Å²) in [6, 6.07) is 0. The molecule has 0 aliphatic carbocycles. The van der Waals surface area contributed by atoms with Crippen molar-refractivity contribution in [3.05, 3.63) is 11.4 Å². The quantitative estimate of drug-likeness (QED) is 0.919. The van der Waals surface area contributed by atoms with Gasteiger partial charge in [-0.25, -0.2) is 9.97 Å². The van der Waals surface area contributed by atoms with Crippen molar-refractivity contribution in [2.45, 2.75) is 34.1 Å². The number of carbonyl (C=O) groups excluding carboxylic acids is 1. The molecule has 122 valence electrons. The Kier molecular flexibility index (Phi) is 5.34. The Morgan fingerprint density at radius 3 is 2.18 bits per heavy atom. The SMILES string of the molecule is Cc1nc(N2CCN(C)CC2)nc(C)c1NC(=O)CC(C)C. The Labute approximate surface area is 132 Å². The van der Waals surface area contributed by atoms with E-state index >= 15 is 0 Å². The Morgan fingerprint density at radius 2 is 1.68 bits per heavy atom. The summed E-state index contributed by atoms with van der Waals surface area (Å²) in [5.74, 6) is 1.13. The van der Waals surface area contributed by atoms with Gasteiger partial charge in [-0.3, -0.25) is 4.79 Å². The van der Waals surface area contributed by atoms with Crippen LogP contribution in [0.3, 0.4) is 0 Å².